The lowest BCUT2D eigenvalue weighted by molar-refractivity contribution is -0.132. The maximum atomic E-state index is 14.3. The van der Waals surface area contributed by atoms with Crippen LogP contribution >= 0.6 is 0 Å². The number of ether oxygens (including phenoxy) is 1. The Morgan fingerprint density at radius 2 is 1.57 bits per heavy atom. The molecule has 5 amide bonds. The van der Waals surface area contributed by atoms with E-state index in [0.717, 1.165) is 21.4 Å². The molecule has 0 spiro atoms. The second-order valence-corrected chi connectivity index (χ2v) is 12.1. The van der Waals surface area contributed by atoms with Gasteiger partial charge >= 0.3 is 12.1 Å². The quantitative estimate of drug-likeness (QED) is 0.317. The Kier molecular flexibility index (Phi) is 7.59. The van der Waals surface area contributed by atoms with Gasteiger partial charge in [-0.1, -0.05) is 54.6 Å². The summed E-state index contributed by atoms with van der Waals surface area (Å²) in [4.78, 5) is 62.6. The van der Waals surface area contributed by atoms with Gasteiger partial charge in [-0.2, -0.15) is 0 Å². The van der Waals surface area contributed by atoms with Gasteiger partial charge in [0.05, 0.1) is 24.2 Å². The topological polar surface area (TPSA) is 115 Å². The summed E-state index contributed by atoms with van der Waals surface area (Å²) in [7, 11) is 0. The number of nitrogens with one attached hydrogen (secondary N) is 2. The van der Waals surface area contributed by atoms with E-state index in [1.54, 1.807) is 56.0 Å². The highest BCUT2D eigenvalue weighted by atomic mass is 16.6. The molecule has 3 atom stereocenters. The van der Waals surface area contributed by atoms with E-state index in [4.69, 9.17) is 4.74 Å². The number of urea groups is 1. The van der Waals surface area contributed by atoms with Crippen LogP contribution in [0.15, 0.2) is 91.1 Å². The number of benzene rings is 3. The van der Waals surface area contributed by atoms with E-state index in [1.807, 2.05) is 60.8 Å². The fraction of sp³-hybridized carbons (Fsp3) is 0.294. The molecule has 4 aromatic rings. The molecule has 10 heteroatoms. The number of aromatic amines is 1. The number of rotatable bonds is 6. The molecule has 6 rings (SSSR count). The molecule has 3 heterocycles. The molecule has 2 saturated heterocycles. The third kappa shape index (κ3) is 5.62. The van der Waals surface area contributed by atoms with Crippen molar-refractivity contribution < 1.29 is 23.9 Å². The number of hydrogen-bond acceptors (Lipinski definition) is 5. The number of fused-ring (bicyclic) bond motifs is 2. The van der Waals surface area contributed by atoms with Crippen molar-refractivity contribution in [2.24, 2.45) is 0 Å². The first kappa shape index (κ1) is 29.0. The van der Waals surface area contributed by atoms with Crippen LogP contribution in [0.25, 0.3) is 10.9 Å². The number of alkyl carbamates (subject to hydrolysis) is 1. The minimum absolute atomic E-state index is 0.102. The van der Waals surface area contributed by atoms with Crippen molar-refractivity contribution in [1.82, 2.24) is 15.2 Å². The minimum Gasteiger partial charge on any atom is -0.444 e. The Balaban J connectivity index is 1.45. The van der Waals surface area contributed by atoms with Crippen LogP contribution < -0.4 is 15.1 Å². The Morgan fingerprint density at radius 1 is 0.932 bits per heavy atom. The average Bonchev–Trinajstić information content (AvgIpc) is 3.40. The summed E-state index contributed by atoms with van der Waals surface area (Å²) < 4.78 is 5.66. The lowest BCUT2D eigenvalue weighted by Gasteiger charge is -2.51. The highest BCUT2D eigenvalue weighted by Crippen LogP contribution is 2.34. The number of imide groups is 1. The van der Waals surface area contributed by atoms with Crippen LogP contribution in [0.5, 0.6) is 0 Å². The number of nitrogens with zero attached hydrogens (tertiary/aromatic N) is 3. The summed E-state index contributed by atoms with van der Waals surface area (Å²) in [5, 5.41) is 4.03. The summed E-state index contributed by atoms with van der Waals surface area (Å²) in [6.45, 7) is 5.45. The zero-order chi connectivity index (χ0) is 31.0. The van der Waals surface area contributed by atoms with Crippen molar-refractivity contribution in [3.63, 3.8) is 0 Å². The Hall–Kier alpha value is -5.12. The number of carbonyl (C=O) groups excluding carboxylic acids is 4. The molecule has 2 aliphatic heterocycles. The van der Waals surface area contributed by atoms with E-state index in [-0.39, 0.29) is 18.9 Å². The summed E-state index contributed by atoms with van der Waals surface area (Å²) >= 11 is 0. The zero-order valence-corrected chi connectivity index (χ0v) is 24.9. The number of anilines is 2. The first-order valence-electron chi connectivity index (χ1n) is 14.7. The molecule has 0 radical (unpaired) electrons. The van der Waals surface area contributed by atoms with Gasteiger partial charge in [-0.3, -0.25) is 9.59 Å². The summed E-state index contributed by atoms with van der Waals surface area (Å²) in [5.41, 5.74) is 2.19. The van der Waals surface area contributed by atoms with Gasteiger partial charge in [0, 0.05) is 29.3 Å². The fourth-order valence-corrected chi connectivity index (χ4v) is 6.11. The number of carbonyl (C=O) groups is 4. The van der Waals surface area contributed by atoms with Gasteiger partial charge < -0.3 is 24.8 Å². The van der Waals surface area contributed by atoms with Crippen molar-refractivity contribution in [2.45, 2.75) is 57.3 Å². The standard InChI is InChI=1S/C34H35N5O5/c1-34(2,3)44-32(42)36-27(18-22-20-35-26-17-11-10-16-25(22)26)29-21-37(23-12-6-4-7-13-23)31(41)28-19-30(40)38(33(43)39(28)29)24-14-8-5-9-15-24/h4-17,20,27-29,35H,18-19,21H2,1-3H3,(H,36,42)/t27-,28+,29-/m1/s1. The smallest absolute Gasteiger partial charge is 0.407 e. The summed E-state index contributed by atoms with van der Waals surface area (Å²) in [5.74, 6) is -0.803. The molecule has 0 aliphatic carbocycles. The van der Waals surface area contributed by atoms with Gasteiger partial charge in [0.2, 0.25) is 11.8 Å². The minimum atomic E-state index is -1.04. The van der Waals surface area contributed by atoms with Crippen LogP contribution in [0.1, 0.15) is 32.8 Å². The number of para-hydroxylation sites is 3. The monoisotopic (exact) mass is 593 g/mol. The van der Waals surface area contributed by atoms with Gasteiger partial charge in [0.1, 0.15) is 11.6 Å². The predicted molar refractivity (Wildman–Crippen MR) is 167 cm³/mol. The van der Waals surface area contributed by atoms with Crippen molar-refractivity contribution in [1.29, 1.82) is 0 Å². The molecule has 2 N–H and O–H groups in total. The number of H-pyrrole nitrogens is 1. The van der Waals surface area contributed by atoms with Crippen LogP contribution in [0.3, 0.4) is 0 Å². The molecule has 44 heavy (non-hydrogen) atoms. The molecule has 10 nitrogen and oxygen atoms in total. The molecule has 226 valence electrons. The predicted octanol–water partition coefficient (Wildman–Crippen LogP) is 5.25. The van der Waals surface area contributed by atoms with Crippen molar-refractivity contribution in [3.05, 3.63) is 96.7 Å². The highest BCUT2D eigenvalue weighted by molar-refractivity contribution is 6.19. The fourth-order valence-electron chi connectivity index (χ4n) is 6.11. The number of hydrogen-bond donors (Lipinski definition) is 2. The van der Waals surface area contributed by atoms with Gasteiger partial charge in [-0.25, -0.2) is 14.5 Å². The summed E-state index contributed by atoms with van der Waals surface area (Å²) in [6.07, 6.45) is 1.40. The number of amides is 5. The number of piperazine rings is 1. The molecular weight excluding hydrogens is 558 g/mol. The molecule has 1 aromatic heterocycles. The molecule has 0 unspecified atom stereocenters. The van der Waals surface area contributed by atoms with Crippen LogP contribution in [0.4, 0.5) is 21.0 Å². The van der Waals surface area contributed by atoms with Crippen molar-refractivity contribution in [2.75, 3.05) is 16.3 Å². The Labute approximate surface area is 255 Å². The Morgan fingerprint density at radius 3 is 2.25 bits per heavy atom. The first-order chi connectivity index (χ1) is 21.1. The van der Waals surface area contributed by atoms with E-state index >= 15 is 0 Å². The Bertz CT molecular complexity index is 1700. The SMILES string of the molecule is CC(C)(C)OC(=O)N[C@H](Cc1c[nH]c2ccccc12)[C@H]1CN(c2ccccc2)C(=O)[C@@H]2CC(=O)N(c3ccccc3)C(=O)N12. The van der Waals surface area contributed by atoms with E-state index in [2.05, 4.69) is 10.3 Å². The largest absolute Gasteiger partial charge is 0.444 e. The van der Waals surface area contributed by atoms with E-state index in [9.17, 15) is 19.2 Å². The van der Waals surface area contributed by atoms with Crippen LogP contribution in [0.2, 0.25) is 0 Å². The van der Waals surface area contributed by atoms with Crippen LogP contribution in [-0.4, -0.2) is 64.1 Å². The molecule has 3 aromatic carbocycles. The second kappa shape index (κ2) is 11.5. The second-order valence-electron chi connectivity index (χ2n) is 12.1. The molecule has 2 fully saturated rings. The van der Waals surface area contributed by atoms with Crippen molar-refractivity contribution >= 4 is 46.2 Å². The van der Waals surface area contributed by atoms with E-state index in [1.165, 1.54) is 4.90 Å². The molecule has 0 bridgehead atoms. The summed E-state index contributed by atoms with van der Waals surface area (Å²) in [6, 6.07) is 22.7. The normalized spacial score (nSPS) is 19.6. The van der Waals surface area contributed by atoms with Gasteiger partial charge in [0.25, 0.3) is 0 Å². The van der Waals surface area contributed by atoms with E-state index in [0.29, 0.717) is 17.8 Å². The van der Waals surface area contributed by atoms with E-state index < -0.39 is 41.8 Å². The lowest BCUT2D eigenvalue weighted by atomic mass is 9.91. The molecule has 2 aliphatic rings. The third-order valence-electron chi connectivity index (χ3n) is 8.01. The van der Waals surface area contributed by atoms with Crippen LogP contribution in [0, 0.1) is 0 Å². The maximum Gasteiger partial charge on any atom is 0.407 e. The molecule has 0 saturated carbocycles. The third-order valence-corrected chi connectivity index (χ3v) is 8.01. The molecular formula is C34H35N5O5. The first-order valence-corrected chi connectivity index (χ1v) is 14.7. The van der Waals surface area contributed by atoms with Gasteiger partial charge in [0.15, 0.2) is 0 Å². The van der Waals surface area contributed by atoms with Crippen LogP contribution in [-0.2, 0) is 20.7 Å². The highest BCUT2D eigenvalue weighted by Gasteiger charge is 2.53. The maximum absolute atomic E-state index is 14.3. The lowest BCUT2D eigenvalue weighted by Crippen LogP contribution is -2.73. The van der Waals surface area contributed by atoms with Crippen molar-refractivity contribution in [3.8, 4) is 0 Å². The van der Waals surface area contributed by atoms with Gasteiger partial charge in [-0.05, 0) is 63.1 Å². The average molecular weight is 594 g/mol. The van der Waals surface area contributed by atoms with Gasteiger partial charge in [-0.15, -0.1) is 0 Å². The zero-order valence-electron chi connectivity index (χ0n) is 24.9. The number of aromatic nitrogens is 1.